The topological polar surface area (TPSA) is 62.4 Å². The lowest BCUT2D eigenvalue weighted by molar-refractivity contribution is -0.133. The lowest BCUT2D eigenvalue weighted by Crippen LogP contribution is -2.46. The highest BCUT2D eigenvalue weighted by Crippen LogP contribution is 2.40. The zero-order valence-corrected chi connectivity index (χ0v) is 16.5. The van der Waals surface area contributed by atoms with Gasteiger partial charge in [-0.15, -0.1) is 11.6 Å². The van der Waals surface area contributed by atoms with Crippen LogP contribution in [-0.4, -0.2) is 40.8 Å². The smallest absolute Gasteiger partial charge is 0.337 e. The lowest BCUT2D eigenvalue weighted by atomic mass is 9.88. The van der Waals surface area contributed by atoms with Gasteiger partial charge in [0, 0.05) is 22.6 Å². The highest BCUT2D eigenvalue weighted by atomic mass is 35.5. The van der Waals surface area contributed by atoms with E-state index in [-0.39, 0.29) is 29.8 Å². The predicted octanol–water partition coefficient (Wildman–Crippen LogP) is 4.06. The van der Waals surface area contributed by atoms with Crippen LogP contribution in [0, 0.1) is 0 Å². The van der Waals surface area contributed by atoms with Crippen molar-refractivity contribution in [2.45, 2.75) is 25.4 Å². The van der Waals surface area contributed by atoms with Crippen LogP contribution in [0.5, 0.6) is 0 Å². The summed E-state index contributed by atoms with van der Waals surface area (Å²) in [5.41, 5.74) is 4.68. The van der Waals surface area contributed by atoms with Gasteiger partial charge in [-0.25, -0.2) is 4.79 Å². The van der Waals surface area contributed by atoms with E-state index < -0.39 is 0 Å². The summed E-state index contributed by atoms with van der Waals surface area (Å²) in [5, 5.41) is 1.18. The quantitative estimate of drug-likeness (QED) is 0.536. The van der Waals surface area contributed by atoms with Crippen molar-refractivity contribution in [2.24, 2.45) is 0 Å². The Kier molecular flexibility index (Phi) is 4.85. The number of carbonyl (C=O) groups excluding carboxylic acids is 2. The van der Waals surface area contributed by atoms with E-state index in [2.05, 4.69) is 11.1 Å². The van der Waals surface area contributed by atoms with Gasteiger partial charge in [0.15, 0.2) is 0 Å². The molecule has 0 saturated heterocycles. The monoisotopic (exact) mass is 396 g/mol. The molecule has 6 heteroatoms. The number of hydrogen-bond donors (Lipinski definition) is 1. The van der Waals surface area contributed by atoms with Gasteiger partial charge < -0.3 is 14.6 Å². The molecule has 0 radical (unpaired) electrons. The minimum atomic E-state index is -0.386. The summed E-state index contributed by atoms with van der Waals surface area (Å²) in [6.45, 7) is 2.05. The van der Waals surface area contributed by atoms with E-state index in [0.29, 0.717) is 5.56 Å². The van der Waals surface area contributed by atoms with Crippen molar-refractivity contribution in [3.8, 4) is 0 Å². The molecule has 0 aliphatic carbocycles. The maximum atomic E-state index is 12.7. The number of para-hydroxylation sites is 1. The third-order valence-electron chi connectivity index (χ3n) is 5.42. The number of ether oxygens (including phenoxy) is 1. The number of methoxy groups -OCH3 is 1. The molecule has 1 aromatic heterocycles. The summed E-state index contributed by atoms with van der Waals surface area (Å²) >= 11 is 5.93. The van der Waals surface area contributed by atoms with Gasteiger partial charge in [-0.1, -0.05) is 30.3 Å². The first-order valence-corrected chi connectivity index (χ1v) is 9.73. The number of aromatic amines is 1. The van der Waals surface area contributed by atoms with Crippen LogP contribution in [0.1, 0.15) is 40.1 Å². The lowest BCUT2D eigenvalue weighted by Gasteiger charge is -2.40. The standard InChI is InChI=1S/C22H21ClN2O3/c1-13-11-17-16-5-3-4-6-18(16)24-20(17)21(25(13)19(26)12-23)14-7-9-15(10-8-14)22(27)28-2/h3-10,13,21,24H,11-12H2,1-2H3/t13-,21+/m0/s1. The van der Waals surface area contributed by atoms with E-state index in [1.165, 1.54) is 18.1 Å². The Morgan fingerprint density at radius 3 is 2.57 bits per heavy atom. The Bertz CT molecular complexity index is 1040. The minimum absolute atomic E-state index is 0.00300. The number of nitrogens with one attached hydrogen (secondary N) is 1. The zero-order valence-electron chi connectivity index (χ0n) is 15.7. The second-order valence-corrected chi connectivity index (χ2v) is 7.33. The fraction of sp³-hybridized carbons (Fsp3) is 0.273. The molecule has 1 amide bonds. The minimum Gasteiger partial charge on any atom is -0.465 e. The summed E-state index contributed by atoms with van der Waals surface area (Å²) in [4.78, 5) is 29.9. The van der Waals surface area contributed by atoms with E-state index in [1.54, 1.807) is 12.1 Å². The van der Waals surface area contributed by atoms with Crippen LogP contribution in [0.15, 0.2) is 48.5 Å². The molecule has 1 aliphatic heterocycles. The van der Waals surface area contributed by atoms with Crippen LogP contribution >= 0.6 is 11.6 Å². The normalized spacial score (nSPS) is 18.8. The molecular formula is C22H21ClN2O3. The van der Waals surface area contributed by atoms with Crippen molar-refractivity contribution >= 4 is 34.4 Å². The SMILES string of the molecule is COC(=O)c1ccc([C@@H]2c3[nH]c4ccccc4c3C[C@H](C)N2C(=O)CCl)cc1. The van der Waals surface area contributed by atoms with E-state index in [9.17, 15) is 9.59 Å². The number of esters is 1. The van der Waals surface area contributed by atoms with E-state index in [4.69, 9.17) is 16.3 Å². The van der Waals surface area contributed by atoms with Crippen molar-refractivity contribution in [1.82, 2.24) is 9.88 Å². The first kappa shape index (κ1) is 18.6. The molecule has 0 fully saturated rings. The van der Waals surface area contributed by atoms with Gasteiger partial charge >= 0.3 is 5.97 Å². The van der Waals surface area contributed by atoms with Gasteiger partial charge in [-0.05, 0) is 42.7 Å². The highest BCUT2D eigenvalue weighted by Gasteiger charge is 2.38. The summed E-state index contributed by atoms with van der Waals surface area (Å²) < 4.78 is 4.78. The van der Waals surface area contributed by atoms with Crippen LogP contribution in [0.4, 0.5) is 0 Å². The molecule has 28 heavy (non-hydrogen) atoms. The highest BCUT2D eigenvalue weighted by molar-refractivity contribution is 6.27. The molecule has 3 aromatic rings. The van der Waals surface area contributed by atoms with Crippen LogP contribution in [0.2, 0.25) is 0 Å². The second-order valence-electron chi connectivity index (χ2n) is 7.07. The fourth-order valence-corrected chi connectivity index (χ4v) is 4.30. The van der Waals surface area contributed by atoms with Gasteiger partial charge in [0.05, 0.1) is 18.7 Å². The molecule has 1 aliphatic rings. The molecule has 2 aromatic carbocycles. The van der Waals surface area contributed by atoms with Crippen molar-refractivity contribution < 1.29 is 14.3 Å². The Morgan fingerprint density at radius 1 is 1.18 bits per heavy atom. The molecule has 5 nitrogen and oxygen atoms in total. The van der Waals surface area contributed by atoms with Crippen LogP contribution in [-0.2, 0) is 16.0 Å². The molecule has 0 unspecified atom stereocenters. The van der Waals surface area contributed by atoms with Crippen molar-refractivity contribution in [3.05, 3.63) is 70.9 Å². The molecular weight excluding hydrogens is 376 g/mol. The number of alkyl halides is 1. The molecule has 2 heterocycles. The number of H-pyrrole nitrogens is 1. The maximum Gasteiger partial charge on any atom is 0.337 e. The number of halogens is 1. The zero-order chi connectivity index (χ0) is 19.8. The summed E-state index contributed by atoms with van der Waals surface area (Å²) in [7, 11) is 1.36. The summed E-state index contributed by atoms with van der Waals surface area (Å²) in [6.07, 6.45) is 0.763. The van der Waals surface area contributed by atoms with E-state index >= 15 is 0 Å². The summed E-state index contributed by atoms with van der Waals surface area (Å²) in [5.74, 6) is -0.569. The fourth-order valence-electron chi connectivity index (χ4n) is 4.17. The van der Waals surface area contributed by atoms with Crippen LogP contribution < -0.4 is 0 Å². The van der Waals surface area contributed by atoms with Gasteiger partial charge in [-0.2, -0.15) is 0 Å². The number of fused-ring (bicyclic) bond motifs is 3. The molecule has 0 spiro atoms. The summed E-state index contributed by atoms with van der Waals surface area (Å²) in [6, 6.07) is 15.1. The Hall–Kier alpha value is -2.79. The average Bonchev–Trinajstić information content (AvgIpc) is 3.10. The number of aromatic nitrogens is 1. The van der Waals surface area contributed by atoms with Crippen LogP contribution in [0.25, 0.3) is 10.9 Å². The number of nitrogens with zero attached hydrogens (tertiary/aromatic N) is 1. The third-order valence-corrected chi connectivity index (χ3v) is 5.65. The van der Waals surface area contributed by atoms with E-state index in [0.717, 1.165) is 23.2 Å². The van der Waals surface area contributed by atoms with Crippen molar-refractivity contribution in [3.63, 3.8) is 0 Å². The predicted molar refractivity (Wildman–Crippen MR) is 109 cm³/mol. The van der Waals surface area contributed by atoms with Gasteiger partial charge in [0.25, 0.3) is 0 Å². The number of benzene rings is 2. The average molecular weight is 397 g/mol. The van der Waals surface area contributed by atoms with Crippen LogP contribution in [0.3, 0.4) is 0 Å². The number of amides is 1. The van der Waals surface area contributed by atoms with Gasteiger partial charge in [0.1, 0.15) is 5.88 Å². The van der Waals surface area contributed by atoms with Crippen molar-refractivity contribution in [2.75, 3.05) is 13.0 Å². The van der Waals surface area contributed by atoms with Gasteiger partial charge in [-0.3, -0.25) is 4.79 Å². The number of carbonyl (C=O) groups is 2. The maximum absolute atomic E-state index is 12.7. The second kappa shape index (κ2) is 7.32. The third kappa shape index (κ3) is 2.96. The Labute approximate surface area is 168 Å². The van der Waals surface area contributed by atoms with Gasteiger partial charge in [0.2, 0.25) is 5.91 Å². The molecule has 1 N–H and O–H groups in total. The first-order chi connectivity index (χ1) is 13.5. The largest absolute Gasteiger partial charge is 0.465 e. The van der Waals surface area contributed by atoms with E-state index in [1.807, 2.05) is 42.2 Å². The number of hydrogen-bond acceptors (Lipinski definition) is 3. The molecule has 0 saturated carbocycles. The number of rotatable bonds is 3. The Balaban J connectivity index is 1.88. The molecule has 144 valence electrons. The molecule has 2 atom stereocenters. The molecule has 0 bridgehead atoms. The first-order valence-electron chi connectivity index (χ1n) is 9.20. The van der Waals surface area contributed by atoms with Crippen molar-refractivity contribution in [1.29, 1.82) is 0 Å². The molecule has 4 rings (SSSR count). The Morgan fingerprint density at radius 2 is 1.89 bits per heavy atom.